The number of benzene rings is 8. The van der Waals surface area contributed by atoms with Gasteiger partial charge in [0.15, 0.2) is 17.5 Å². The zero-order chi connectivity index (χ0) is 44.9. The third-order valence-electron chi connectivity index (χ3n) is 11.4. The molecule has 0 aliphatic heterocycles. The number of nitriles is 1. The summed E-state index contributed by atoms with van der Waals surface area (Å²) in [5.74, 6) is 0.970. The molecular formula is C54H31F6N5. The maximum absolute atomic E-state index is 14.1. The molecule has 2 aromatic heterocycles. The van der Waals surface area contributed by atoms with Crippen LogP contribution in [0.4, 0.5) is 26.3 Å². The lowest BCUT2D eigenvalue weighted by atomic mass is 9.91. The Morgan fingerprint density at radius 3 is 1.31 bits per heavy atom. The first-order valence-electron chi connectivity index (χ1n) is 20.4. The number of nitrogens with zero attached hydrogens (tertiary/aromatic N) is 5. The Kier molecular flexibility index (Phi) is 10.1. The Morgan fingerprint density at radius 1 is 0.385 bits per heavy atom. The fourth-order valence-electron chi connectivity index (χ4n) is 8.19. The molecule has 8 aromatic carbocycles. The van der Waals surface area contributed by atoms with Crippen molar-refractivity contribution in [3.05, 3.63) is 205 Å². The lowest BCUT2D eigenvalue weighted by molar-refractivity contribution is -0.138. The number of halogens is 6. The van der Waals surface area contributed by atoms with Gasteiger partial charge in [-0.25, -0.2) is 15.0 Å². The van der Waals surface area contributed by atoms with Gasteiger partial charge in [0.25, 0.3) is 0 Å². The summed E-state index contributed by atoms with van der Waals surface area (Å²) in [7, 11) is 0. The molecule has 0 atom stereocenters. The highest BCUT2D eigenvalue weighted by atomic mass is 19.4. The van der Waals surface area contributed by atoms with Crippen molar-refractivity contribution in [2.45, 2.75) is 12.4 Å². The van der Waals surface area contributed by atoms with E-state index < -0.39 is 23.5 Å². The molecule has 314 valence electrons. The first-order valence-corrected chi connectivity index (χ1v) is 20.4. The molecule has 2 heterocycles. The van der Waals surface area contributed by atoms with Gasteiger partial charge in [0.2, 0.25) is 0 Å². The summed E-state index contributed by atoms with van der Waals surface area (Å²) in [6.45, 7) is 0. The summed E-state index contributed by atoms with van der Waals surface area (Å²) in [6, 6.07) is 55.0. The van der Waals surface area contributed by atoms with Crippen molar-refractivity contribution in [1.82, 2.24) is 19.5 Å². The van der Waals surface area contributed by atoms with Crippen LogP contribution in [0.1, 0.15) is 16.7 Å². The number of aromatic nitrogens is 4. The molecule has 0 bridgehead atoms. The van der Waals surface area contributed by atoms with Gasteiger partial charge in [0.05, 0.1) is 39.5 Å². The average molecular weight is 864 g/mol. The quantitative estimate of drug-likeness (QED) is 0.150. The van der Waals surface area contributed by atoms with E-state index >= 15 is 0 Å². The lowest BCUT2D eigenvalue weighted by Gasteiger charge is -2.21. The Bertz CT molecular complexity index is 3290. The van der Waals surface area contributed by atoms with Gasteiger partial charge in [-0.2, -0.15) is 31.6 Å². The van der Waals surface area contributed by atoms with Crippen LogP contribution >= 0.6 is 0 Å². The normalized spacial score (nSPS) is 11.8. The van der Waals surface area contributed by atoms with Gasteiger partial charge in [0.1, 0.15) is 0 Å². The number of hydrogen-bond donors (Lipinski definition) is 0. The van der Waals surface area contributed by atoms with Crippen LogP contribution in [0.2, 0.25) is 0 Å². The topological polar surface area (TPSA) is 67.4 Å². The molecule has 0 fully saturated rings. The van der Waals surface area contributed by atoms with Crippen LogP contribution in [-0.4, -0.2) is 19.5 Å². The second kappa shape index (κ2) is 16.1. The van der Waals surface area contributed by atoms with E-state index in [2.05, 4.69) is 6.07 Å². The fraction of sp³-hybridized carbons (Fsp3) is 0.0370. The fourth-order valence-corrected chi connectivity index (χ4v) is 8.19. The van der Waals surface area contributed by atoms with E-state index in [1.165, 1.54) is 24.3 Å². The van der Waals surface area contributed by atoms with Gasteiger partial charge in [-0.15, -0.1) is 0 Å². The van der Waals surface area contributed by atoms with Crippen LogP contribution in [0, 0.1) is 11.3 Å². The molecule has 0 aliphatic rings. The number of para-hydroxylation sites is 1. The molecule has 10 aromatic rings. The van der Waals surface area contributed by atoms with Gasteiger partial charge in [0, 0.05) is 38.6 Å². The SMILES string of the molecule is N#Cc1ccc(-c2ccc3c(c2)c2ccccc2n3-c2c(-c3ccc(C(F)(F)F)cc3)cc(-c3nc(-c4ccccc4)nc(-c4ccccc4)n3)cc2-c2ccc(C(F)(F)F)cc2)cc1. The number of rotatable bonds is 7. The largest absolute Gasteiger partial charge is 0.416 e. The molecule has 0 spiro atoms. The van der Waals surface area contributed by atoms with Crippen molar-refractivity contribution in [3.8, 4) is 79.3 Å². The highest BCUT2D eigenvalue weighted by Gasteiger charge is 2.32. The summed E-state index contributed by atoms with van der Waals surface area (Å²) in [4.78, 5) is 14.8. The van der Waals surface area contributed by atoms with E-state index in [9.17, 15) is 31.6 Å². The molecular weight excluding hydrogens is 833 g/mol. The second-order valence-corrected chi connectivity index (χ2v) is 15.4. The molecule has 65 heavy (non-hydrogen) atoms. The highest BCUT2D eigenvalue weighted by molar-refractivity contribution is 6.12. The van der Waals surface area contributed by atoms with Gasteiger partial charge >= 0.3 is 12.4 Å². The minimum Gasteiger partial charge on any atom is -0.308 e. The van der Waals surface area contributed by atoms with E-state index in [0.29, 0.717) is 61.8 Å². The Morgan fingerprint density at radius 2 is 0.815 bits per heavy atom. The molecule has 0 saturated heterocycles. The average Bonchev–Trinajstić information content (AvgIpc) is 3.67. The summed E-state index contributed by atoms with van der Waals surface area (Å²) in [5, 5.41) is 11.1. The summed E-state index contributed by atoms with van der Waals surface area (Å²) < 4.78 is 86.5. The van der Waals surface area contributed by atoms with Crippen molar-refractivity contribution in [2.24, 2.45) is 0 Å². The predicted molar refractivity (Wildman–Crippen MR) is 242 cm³/mol. The molecule has 10 rings (SSSR count). The van der Waals surface area contributed by atoms with Crippen molar-refractivity contribution in [3.63, 3.8) is 0 Å². The van der Waals surface area contributed by atoms with Crippen LogP contribution in [0.15, 0.2) is 188 Å². The first kappa shape index (κ1) is 40.7. The third kappa shape index (κ3) is 7.76. The smallest absolute Gasteiger partial charge is 0.308 e. The van der Waals surface area contributed by atoms with Crippen LogP contribution in [0.5, 0.6) is 0 Å². The maximum Gasteiger partial charge on any atom is 0.416 e. The van der Waals surface area contributed by atoms with Crippen LogP contribution in [0.3, 0.4) is 0 Å². The van der Waals surface area contributed by atoms with Crippen molar-refractivity contribution in [2.75, 3.05) is 0 Å². The highest BCUT2D eigenvalue weighted by Crippen LogP contribution is 2.45. The zero-order valence-electron chi connectivity index (χ0n) is 33.9. The second-order valence-electron chi connectivity index (χ2n) is 15.4. The first-order chi connectivity index (χ1) is 31.4. The predicted octanol–water partition coefficient (Wildman–Crippen LogP) is 14.9. The van der Waals surface area contributed by atoms with Crippen LogP contribution < -0.4 is 0 Å². The molecule has 0 radical (unpaired) electrons. The molecule has 0 unspecified atom stereocenters. The Hall–Kier alpha value is -8.36. The van der Waals surface area contributed by atoms with E-state index in [1.54, 1.807) is 12.1 Å². The monoisotopic (exact) mass is 863 g/mol. The number of alkyl halides is 6. The van der Waals surface area contributed by atoms with E-state index in [1.807, 2.05) is 132 Å². The lowest BCUT2D eigenvalue weighted by Crippen LogP contribution is -2.06. The van der Waals surface area contributed by atoms with Gasteiger partial charge in [-0.1, -0.05) is 121 Å². The molecule has 0 N–H and O–H groups in total. The minimum absolute atomic E-state index is 0.236. The number of hydrogen-bond acceptors (Lipinski definition) is 4. The van der Waals surface area contributed by atoms with Crippen LogP contribution in [0.25, 0.3) is 95.0 Å². The van der Waals surface area contributed by atoms with E-state index in [4.69, 9.17) is 15.0 Å². The summed E-state index contributed by atoms with van der Waals surface area (Å²) in [6.07, 6.45) is -9.22. The Labute approximate surface area is 368 Å². The molecule has 0 amide bonds. The van der Waals surface area contributed by atoms with E-state index in [0.717, 1.165) is 57.2 Å². The van der Waals surface area contributed by atoms with Crippen molar-refractivity contribution < 1.29 is 26.3 Å². The van der Waals surface area contributed by atoms with E-state index in [-0.39, 0.29) is 5.82 Å². The molecule has 0 aliphatic carbocycles. The zero-order valence-corrected chi connectivity index (χ0v) is 33.9. The van der Waals surface area contributed by atoms with Gasteiger partial charge in [-0.05, 0) is 89.0 Å². The summed E-state index contributed by atoms with van der Waals surface area (Å²) in [5.41, 5.74) is 6.18. The van der Waals surface area contributed by atoms with Crippen LogP contribution in [-0.2, 0) is 12.4 Å². The van der Waals surface area contributed by atoms with Crippen molar-refractivity contribution >= 4 is 21.8 Å². The molecule has 0 saturated carbocycles. The number of fused-ring (bicyclic) bond motifs is 3. The minimum atomic E-state index is -4.61. The Balaban J connectivity index is 1.31. The van der Waals surface area contributed by atoms with Gasteiger partial charge < -0.3 is 4.57 Å². The standard InChI is InChI=1S/C54H31F6N5/c55-53(56,57)41-24-19-35(20-25-41)44-30-40(52-63-50(37-9-3-1-4-10-37)62-51(64-52)38-11-5-2-6-12-38)31-45(36-21-26-42(27-22-36)54(58,59)60)49(44)65-47-14-8-7-13-43(47)46-29-39(23-28-48(46)65)34-17-15-33(32-61)16-18-34/h1-31H. The maximum atomic E-state index is 14.1. The molecule has 5 nitrogen and oxygen atoms in total. The van der Waals surface area contributed by atoms with Crippen molar-refractivity contribution in [1.29, 1.82) is 5.26 Å². The van der Waals surface area contributed by atoms with Gasteiger partial charge in [-0.3, -0.25) is 0 Å². The third-order valence-corrected chi connectivity index (χ3v) is 11.4. The molecule has 11 heteroatoms. The summed E-state index contributed by atoms with van der Waals surface area (Å²) >= 11 is 0.